The number of non-ortho nitro benzene ring substituents is 1. The highest BCUT2D eigenvalue weighted by Crippen LogP contribution is 2.45. The molecule has 1 aliphatic carbocycles. The van der Waals surface area contributed by atoms with Gasteiger partial charge in [0.2, 0.25) is 0 Å². The monoisotopic (exact) mass is 337 g/mol. The standard InChI is InChI=1S/C18H15N3O4/c19-14-6-5-11(21(24)25)8-13(14)18(23)20-9-10-4-7-16(22)12-2-1-3-15(20)17(10)12/h1-3,5-6,8,10H,4,7,9,19H2. The molecule has 25 heavy (non-hydrogen) atoms. The first-order valence-electron chi connectivity index (χ1n) is 7.99. The number of anilines is 2. The first kappa shape index (κ1) is 15.3. The second kappa shape index (κ2) is 5.41. The molecule has 1 amide bonds. The van der Waals surface area contributed by atoms with Crippen molar-refractivity contribution in [2.45, 2.75) is 18.8 Å². The minimum atomic E-state index is -0.554. The maximum atomic E-state index is 13.0. The number of nitro groups is 1. The maximum absolute atomic E-state index is 13.0. The van der Waals surface area contributed by atoms with E-state index in [4.69, 9.17) is 5.73 Å². The molecule has 2 N–H and O–H groups in total. The molecule has 126 valence electrons. The van der Waals surface area contributed by atoms with E-state index >= 15 is 0 Å². The number of hydrogen-bond acceptors (Lipinski definition) is 5. The first-order valence-corrected chi connectivity index (χ1v) is 7.99. The van der Waals surface area contributed by atoms with Crippen molar-refractivity contribution < 1.29 is 14.5 Å². The van der Waals surface area contributed by atoms with E-state index in [0.717, 1.165) is 5.56 Å². The summed E-state index contributed by atoms with van der Waals surface area (Å²) in [5, 5.41) is 11.0. The Morgan fingerprint density at radius 1 is 1.28 bits per heavy atom. The van der Waals surface area contributed by atoms with Gasteiger partial charge in [-0.2, -0.15) is 0 Å². The van der Waals surface area contributed by atoms with E-state index in [9.17, 15) is 19.7 Å². The molecule has 4 rings (SSSR count). The van der Waals surface area contributed by atoms with E-state index in [0.29, 0.717) is 30.6 Å². The van der Waals surface area contributed by atoms with Crippen molar-refractivity contribution in [2.75, 3.05) is 17.2 Å². The zero-order valence-electron chi connectivity index (χ0n) is 13.3. The summed E-state index contributed by atoms with van der Waals surface area (Å²) in [7, 11) is 0. The van der Waals surface area contributed by atoms with Crippen LogP contribution in [0.1, 0.15) is 45.0 Å². The Bertz CT molecular complexity index is 938. The normalized spacial score (nSPS) is 18.2. The Labute approximate surface area is 143 Å². The predicted octanol–water partition coefficient (Wildman–Crippen LogP) is 2.90. The number of nitrogens with zero attached hydrogens (tertiary/aromatic N) is 2. The van der Waals surface area contributed by atoms with Crippen molar-refractivity contribution in [3.8, 4) is 0 Å². The zero-order valence-corrected chi connectivity index (χ0v) is 13.3. The summed E-state index contributed by atoms with van der Waals surface area (Å²) in [6, 6.07) is 9.22. The smallest absolute Gasteiger partial charge is 0.270 e. The SMILES string of the molecule is Nc1ccc([N+](=O)[O-])cc1C(=O)N1CC2CCC(=O)c3cccc1c32. The minimum Gasteiger partial charge on any atom is -0.398 e. The molecule has 1 atom stereocenters. The number of carbonyl (C=O) groups excluding carboxylic acids is 2. The number of nitrogen functional groups attached to an aromatic ring is 1. The summed E-state index contributed by atoms with van der Waals surface area (Å²) >= 11 is 0. The van der Waals surface area contributed by atoms with Gasteiger partial charge in [-0.3, -0.25) is 19.7 Å². The highest BCUT2D eigenvalue weighted by molar-refractivity contribution is 6.12. The Hall–Kier alpha value is -3.22. The average Bonchev–Trinajstić information content (AvgIpc) is 2.98. The number of Topliss-reactive ketones (excluding diaryl/α,β-unsaturated/α-hetero) is 1. The number of nitrogens with two attached hydrogens (primary N) is 1. The molecule has 0 saturated heterocycles. The molecule has 0 aromatic heterocycles. The van der Waals surface area contributed by atoms with Crippen LogP contribution < -0.4 is 10.6 Å². The van der Waals surface area contributed by atoms with Crippen LogP contribution in [0.5, 0.6) is 0 Å². The molecule has 2 aliphatic rings. The molecular formula is C18H15N3O4. The molecule has 0 fully saturated rings. The van der Waals surface area contributed by atoms with E-state index in [2.05, 4.69) is 0 Å². The lowest BCUT2D eigenvalue weighted by Gasteiger charge is -2.18. The number of ketones is 1. The fourth-order valence-electron chi connectivity index (χ4n) is 3.73. The van der Waals surface area contributed by atoms with Gasteiger partial charge in [-0.25, -0.2) is 0 Å². The molecule has 1 heterocycles. The molecule has 2 aromatic rings. The van der Waals surface area contributed by atoms with E-state index in [1.807, 2.05) is 6.07 Å². The lowest BCUT2D eigenvalue weighted by Crippen LogP contribution is -2.30. The lowest BCUT2D eigenvalue weighted by atomic mass is 9.83. The molecular weight excluding hydrogens is 322 g/mol. The van der Waals surface area contributed by atoms with Gasteiger partial charge in [0.05, 0.1) is 10.5 Å². The number of rotatable bonds is 2. The van der Waals surface area contributed by atoms with E-state index in [-0.39, 0.29) is 34.5 Å². The van der Waals surface area contributed by atoms with Crippen LogP contribution in [0.15, 0.2) is 36.4 Å². The van der Waals surface area contributed by atoms with Gasteiger partial charge in [-0.15, -0.1) is 0 Å². The molecule has 0 radical (unpaired) electrons. The summed E-state index contributed by atoms with van der Waals surface area (Å²) in [4.78, 5) is 37.2. The van der Waals surface area contributed by atoms with Crippen LogP contribution in [-0.2, 0) is 0 Å². The van der Waals surface area contributed by atoms with Gasteiger partial charge < -0.3 is 10.6 Å². The van der Waals surface area contributed by atoms with Gasteiger partial charge in [0.1, 0.15) is 0 Å². The van der Waals surface area contributed by atoms with Crippen molar-refractivity contribution in [3.63, 3.8) is 0 Å². The third-order valence-corrected chi connectivity index (χ3v) is 4.93. The largest absolute Gasteiger partial charge is 0.398 e. The van der Waals surface area contributed by atoms with Gasteiger partial charge in [0.25, 0.3) is 11.6 Å². The molecule has 0 spiro atoms. The second-order valence-electron chi connectivity index (χ2n) is 6.34. The Balaban J connectivity index is 1.79. The fraction of sp³-hybridized carbons (Fsp3) is 0.222. The summed E-state index contributed by atoms with van der Waals surface area (Å²) < 4.78 is 0. The number of hydrogen-bond donors (Lipinski definition) is 1. The molecule has 7 nitrogen and oxygen atoms in total. The van der Waals surface area contributed by atoms with Gasteiger partial charge in [0, 0.05) is 48.0 Å². The number of carbonyl (C=O) groups is 2. The molecule has 1 aliphatic heterocycles. The van der Waals surface area contributed by atoms with Crippen molar-refractivity contribution in [2.24, 2.45) is 0 Å². The van der Waals surface area contributed by atoms with E-state index in [1.54, 1.807) is 17.0 Å². The van der Waals surface area contributed by atoms with Crippen molar-refractivity contribution in [3.05, 3.63) is 63.2 Å². The zero-order chi connectivity index (χ0) is 17.7. The van der Waals surface area contributed by atoms with Gasteiger partial charge in [0.15, 0.2) is 5.78 Å². The summed E-state index contributed by atoms with van der Waals surface area (Å²) in [5.74, 6) is -0.165. The number of benzene rings is 2. The van der Waals surface area contributed by atoms with Crippen LogP contribution in [0, 0.1) is 10.1 Å². The number of amides is 1. The Kier molecular flexibility index (Phi) is 3.31. The topological polar surface area (TPSA) is 107 Å². The summed E-state index contributed by atoms with van der Waals surface area (Å²) in [6.45, 7) is 0.459. The summed E-state index contributed by atoms with van der Waals surface area (Å²) in [5.41, 5.74) is 8.30. The third-order valence-electron chi connectivity index (χ3n) is 4.93. The highest BCUT2D eigenvalue weighted by atomic mass is 16.6. The van der Waals surface area contributed by atoms with Crippen molar-refractivity contribution in [1.82, 2.24) is 0 Å². The van der Waals surface area contributed by atoms with Crippen LogP contribution in [0.2, 0.25) is 0 Å². The van der Waals surface area contributed by atoms with Crippen molar-refractivity contribution >= 4 is 28.8 Å². The van der Waals surface area contributed by atoms with Gasteiger partial charge in [-0.05, 0) is 24.1 Å². The molecule has 2 aromatic carbocycles. The second-order valence-corrected chi connectivity index (χ2v) is 6.34. The molecule has 1 unspecified atom stereocenters. The lowest BCUT2D eigenvalue weighted by molar-refractivity contribution is -0.384. The van der Waals surface area contributed by atoms with Crippen LogP contribution in [0.4, 0.5) is 17.1 Å². The molecule has 0 saturated carbocycles. The van der Waals surface area contributed by atoms with E-state index < -0.39 is 4.92 Å². The van der Waals surface area contributed by atoms with Crippen LogP contribution in [0.25, 0.3) is 0 Å². The van der Waals surface area contributed by atoms with E-state index in [1.165, 1.54) is 18.2 Å². The fourth-order valence-corrected chi connectivity index (χ4v) is 3.73. The first-order chi connectivity index (χ1) is 12.0. The minimum absolute atomic E-state index is 0.0947. The molecule has 7 heteroatoms. The van der Waals surface area contributed by atoms with Crippen LogP contribution in [0.3, 0.4) is 0 Å². The maximum Gasteiger partial charge on any atom is 0.270 e. The van der Waals surface area contributed by atoms with Crippen molar-refractivity contribution in [1.29, 1.82) is 0 Å². The third kappa shape index (κ3) is 2.27. The molecule has 0 bridgehead atoms. The van der Waals surface area contributed by atoms with Gasteiger partial charge >= 0.3 is 0 Å². The average molecular weight is 337 g/mol. The Morgan fingerprint density at radius 3 is 2.84 bits per heavy atom. The predicted molar refractivity (Wildman–Crippen MR) is 91.9 cm³/mol. The Morgan fingerprint density at radius 2 is 2.08 bits per heavy atom. The quantitative estimate of drug-likeness (QED) is 0.515. The van der Waals surface area contributed by atoms with Crippen LogP contribution >= 0.6 is 0 Å². The summed E-state index contributed by atoms with van der Waals surface area (Å²) in [6.07, 6.45) is 1.18. The highest BCUT2D eigenvalue weighted by Gasteiger charge is 2.38. The van der Waals surface area contributed by atoms with Gasteiger partial charge in [-0.1, -0.05) is 12.1 Å². The van der Waals surface area contributed by atoms with Crippen LogP contribution in [-0.4, -0.2) is 23.2 Å². The number of nitro benzene ring substituents is 1.